The summed E-state index contributed by atoms with van der Waals surface area (Å²) in [5.41, 5.74) is 0. The molecule has 0 spiro atoms. The van der Waals surface area contributed by atoms with Gasteiger partial charge in [-0.05, 0) is 43.9 Å². The Hall–Kier alpha value is 0.500. The fourth-order valence-electron chi connectivity index (χ4n) is 3.88. The van der Waals surface area contributed by atoms with Gasteiger partial charge in [0.05, 0.1) is 12.2 Å². The number of rotatable bonds is 4. The molecule has 5 aliphatic rings. The van der Waals surface area contributed by atoms with Gasteiger partial charge in [-0.25, -0.2) is 0 Å². The summed E-state index contributed by atoms with van der Waals surface area (Å²) in [6.07, 6.45) is 7.92. The van der Waals surface area contributed by atoms with E-state index in [1.54, 1.807) is 0 Å². The highest BCUT2D eigenvalue weighted by Gasteiger charge is 2.48. The fraction of sp³-hybridized carbons (Fsp3) is 1.00. The molecule has 4 unspecified atom stereocenters. The lowest BCUT2D eigenvalue weighted by molar-refractivity contribution is -0.164. The van der Waals surface area contributed by atoms with Crippen LogP contribution in [0.3, 0.4) is 0 Å². The standard InChI is InChI=1S/C14H22Cl2O2/c1-2-5-14(15,16)8-13-17-11-7-10-4-3-9(11)6-12(10)18-13/h9-13H,2-8H2,1H3. The van der Waals surface area contributed by atoms with E-state index in [9.17, 15) is 0 Å². The van der Waals surface area contributed by atoms with Crippen molar-refractivity contribution < 1.29 is 9.47 Å². The Morgan fingerprint density at radius 3 is 2.06 bits per heavy atom. The Bertz CT molecular complexity index is 288. The van der Waals surface area contributed by atoms with Gasteiger partial charge in [0.1, 0.15) is 4.33 Å². The third kappa shape index (κ3) is 2.67. The SMILES string of the molecule is CCCC(Cl)(Cl)CC1OC2CC3CCC2CC3O1. The zero-order valence-electron chi connectivity index (χ0n) is 10.9. The lowest BCUT2D eigenvalue weighted by Crippen LogP contribution is -2.42. The van der Waals surface area contributed by atoms with Crippen LogP contribution in [-0.2, 0) is 9.47 Å². The lowest BCUT2D eigenvalue weighted by Gasteiger charge is -2.42. The number of hydrogen-bond donors (Lipinski definition) is 0. The van der Waals surface area contributed by atoms with Gasteiger partial charge in [-0.2, -0.15) is 0 Å². The van der Waals surface area contributed by atoms with Gasteiger partial charge in [0.2, 0.25) is 0 Å². The molecule has 5 fully saturated rings. The second-order valence-electron chi connectivity index (χ2n) is 6.16. The third-order valence-corrected chi connectivity index (χ3v) is 5.45. The zero-order chi connectivity index (χ0) is 12.8. The Morgan fingerprint density at radius 2 is 1.61 bits per heavy atom. The summed E-state index contributed by atoms with van der Waals surface area (Å²) >= 11 is 12.7. The molecule has 4 bridgehead atoms. The monoisotopic (exact) mass is 292 g/mol. The number of ether oxygens (including phenoxy) is 2. The molecular formula is C14H22Cl2O2. The van der Waals surface area contributed by atoms with Gasteiger partial charge in [-0.15, -0.1) is 23.2 Å². The molecule has 3 aliphatic carbocycles. The molecular weight excluding hydrogens is 271 g/mol. The van der Waals surface area contributed by atoms with Crippen molar-refractivity contribution in [2.45, 2.75) is 74.7 Å². The van der Waals surface area contributed by atoms with E-state index < -0.39 is 4.33 Å². The van der Waals surface area contributed by atoms with Crippen molar-refractivity contribution in [1.29, 1.82) is 0 Å². The van der Waals surface area contributed by atoms with Crippen LogP contribution in [0, 0.1) is 11.8 Å². The first-order chi connectivity index (χ1) is 8.57. The molecule has 0 aromatic rings. The van der Waals surface area contributed by atoms with Gasteiger partial charge in [-0.1, -0.05) is 13.3 Å². The molecule has 18 heavy (non-hydrogen) atoms. The predicted octanol–water partition coefficient (Wildman–Crippen LogP) is 4.28. The summed E-state index contributed by atoms with van der Waals surface area (Å²) in [7, 11) is 0. The highest BCUT2D eigenvalue weighted by molar-refractivity contribution is 6.48. The number of fused-ring (bicyclic) bond motifs is 3. The minimum atomic E-state index is -0.706. The molecule has 104 valence electrons. The molecule has 4 heteroatoms. The minimum absolute atomic E-state index is 0.199. The quantitative estimate of drug-likeness (QED) is 0.720. The van der Waals surface area contributed by atoms with Crippen LogP contribution in [0.1, 0.15) is 51.9 Å². The molecule has 0 aromatic carbocycles. The van der Waals surface area contributed by atoms with E-state index in [0.717, 1.165) is 12.8 Å². The Kier molecular flexibility index (Phi) is 3.84. The van der Waals surface area contributed by atoms with Crippen LogP contribution in [0.2, 0.25) is 0 Å². The van der Waals surface area contributed by atoms with Gasteiger partial charge in [0, 0.05) is 6.42 Å². The molecule has 0 amide bonds. The summed E-state index contributed by atoms with van der Waals surface area (Å²) in [6, 6.07) is 0. The second-order valence-corrected chi connectivity index (χ2v) is 7.80. The number of halogens is 2. The van der Waals surface area contributed by atoms with Crippen molar-refractivity contribution >= 4 is 23.2 Å². The minimum Gasteiger partial charge on any atom is -0.349 e. The normalized spacial score (nSPS) is 43.2. The third-order valence-electron chi connectivity index (χ3n) is 4.76. The molecule has 3 saturated carbocycles. The fourth-order valence-corrected chi connectivity index (χ4v) is 4.51. The Morgan fingerprint density at radius 1 is 1.06 bits per heavy atom. The highest BCUT2D eigenvalue weighted by atomic mass is 35.5. The van der Waals surface area contributed by atoms with Crippen molar-refractivity contribution in [2.24, 2.45) is 11.8 Å². The van der Waals surface area contributed by atoms with Crippen molar-refractivity contribution in [2.75, 3.05) is 0 Å². The van der Waals surface area contributed by atoms with Gasteiger partial charge in [0.25, 0.3) is 0 Å². The zero-order valence-corrected chi connectivity index (χ0v) is 12.4. The average molecular weight is 293 g/mol. The van der Waals surface area contributed by atoms with Crippen LogP contribution in [0.25, 0.3) is 0 Å². The summed E-state index contributed by atoms with van der Waals surface area (Å²) in [5, 5.41) is 0. The maximum absolute atomic E-state index is 6.33. The molecule has 0 radical (unpaired) electrons. The van der Waals surface area contributed by atoms with Crippen molar-refractivity contribution in [3.05, 3.63) is 0 Å². The summed E-state index contributed by atoms with van der Waals surface area (Å²) in [4.78, 5) is 0. The molecule has 0 aromatic heterocycles. The first kappa shape index (κ1) is 13.5. The first-order valence-electron chi connectivity index (χ1n) is 7.26. The van der Waals surface area contributed by atoms with Crippen LogP contribution >= 0.6 is 23.2 Å². The molecule has 5 rings (SSSR count). The maximum atomic E-state index is 6.33. The summed E-state index contributed by atoms with van der Waals surface area (Å²) < 4.78 is 11.5. The average Bonchev–Trinajstić information content (AvgIpc) is 2.53. The van der Waals surface area contributed by atoms with Gasteiger partial charge in [-0.3, -0.25) is 0 Å². The predicted molar refractivity (Wildman–Crippen MR) is 72.9 cm³/mol. The van der Waals surface area contributed by atoms with E-state index in [0.29, 0.717) is 30.5 Å². The number of alkyl halides is 2. The topological polar surface area (TPSA) is 18.5 Å². The van der Waals surface area contributed by atoms with Crippen LogP contribution < -0.4 is 0 Å². The van der Waals surface area contributed by atoms with Gasteiger partial charge >= 0.3 is 0 Å². The van der Waals surface area contributed by atoms with E-state index in [4.69, 9.17) is 32.7 Å². The summed E-state index contributed by atoms with van der Waals surface area (Å²) in [6.45, 7) is 2.10. The van der Waals surface area contributed by atoms with Crippen molar-refractivity contribution in [1.82, 2.24) is 0 Å². The van der Waals surface area contributed by atoms with E-state index >= 15 is 0 Å². The molecule has 2 nitrogen and oxygen atoms in total. The highest BCUT2D eigenvalue weighted by Crippen LogP contribution is 2.48. The maximum Gasteiger partial charge on any atom is 0.161 e. The van der Waals surface area contributed by atoms with Gasteiger partial charge < -0.3 is 9.47 Å². The largest absolute Gasteiger partial charge is 0.349 e. The Labute approximate surface area is 119 Å². The second kappa shape index (κ2) is 5.12. The van der Waals surface area contributed by atoms with Crippen molar-refractivity contribution in [3.63, 3.8) is 0 Å². The molecule has 0 N–H and O–H groups in total. The van der Waals surface area contributed by atoms with Crippen LogP contribution in [0.5, 0.6) is 0 Å². The first-order valence-corrected chi connectivity index (χ1v) is 8.02. The van der Waals surface area contributed by atoms with Crippen LogP contribution in [0.15, 0.2) is 0 Å². The van der Waals surface area contributed by atoms with E-state index in [-0.39, 0.29) is 6.29 Å². The van der Waals surface area contributed by atoms with Crippen LogP contribution in [-0.4, -0.2) is 22.8 Å². The molecule has 2 heterocycles. The van der Waals surface area contributed by atoms with E-state index in [2.05, 4.69) is 6.92 Å². The van der Waals surface area contributed by atoms with Crippen molar-refractivity contribution in [3.8, 4) is 0 Å². The molecule has 2 saturated heterocycles. The van der Waals surface area contributed by atoms with E-state index in [1.165, 1.54) is 25.7 Å². The van der Waals surface area contributed by atoms with Crippen LogP contribution in [0.4, 0.5) is 0 Å². The smallest absolute Gasteiger partial charge is 0.161 e. The lowest BCUT2D eigenvalue weighted by atomic mass is 9.67. The van der Waals surface area contributed by atoms with Gasteiger partial charge in [0.15, 0.2) is 6.29 Å². The van der Waals surface area contributed by atoms with E-state index in [1.807, 2.05) is 0 Å². The summed E-state index contributed by atoms with van der Waals surface area (Å²) in [5.74, 6) is 1.41. The molecule has 2 aliphatic heterocycles. The molecule has 4 atom stereocenters. The Balaban J connectivity index is 1.65. The number of hydrogen-bond acceptors (Lipinski definition) is 2.